The third kappa shape index (κ3) is 68.8. The van der Waals surface area contributed by atoms with Gasteiger partial charge >= 0.3 is 44.1 Å². The summed E-state index contributed by atoms with van der Waals surface area (Å²) in [5, 5.41) is 30.1. The third-order valence-corrected chi connectivity index (χ3v) is 23.6. The molecule has 113 heavy (non-hydrogen) atoms. The molecule has 3 aliphatic rings. The zero-order chi connectivity index (χ0) is 84.8. The molecule has 0 saturated carbocycles. The van der Waals surface area contributed by atoms with Crippen LogP contribution < -0.4 is 4.89 Å². The summed E-state index contributed by atoms with van der Waals surface area (Å²) < 4.78 is 126. The molecule has 3 aliphatic heterocycles. The number of esters is 6. The molecule has 3 fully saturated rings. The van der Waals surface area contributed by atoms with E-state index in [0.29, 0.717) is 94.4 Å². The maximum absolute atomic E-state index is 12.8. The molecule has 0 aromatic heterocycles. The SMILES string of the molecule is CP(C)(=O)O[P+](=O)[O-].C[C@@H]1OC1CCCCCCCC(=O)OCC(COC(=O)CCCCCCCC1O[C@H]1C)OC(=O)CCCCCCCC1O[C@H]1C.C[C@H](O)C(CCCCCCCC(=O)OCC(COC(=O)CCCCCCCC(O)[C@H](C)OP(C)(C)=O)OC(=O)CCCCCCCC(OP(C)(C)=O)[C@H](C)O)OP(C)(C)=O. The minimum absolute atomic E-state index is 0.0948. The Morgan fingerprint density at radius 3 is 0.805 bits per heavy atom. The van der Waals surface area contributed by atoms with Gasteiger partial charge in [-0.1, -0.05) is 158 Å². The Bertz CT molecular complexity index is 2740. The molecule has 3 saturated heterocycles. The number of hydrogen-bond donors (Lipinski definition) is 3. The predicted molar refractivity (Wildman–Crippen MR) is 437 cm³/mol. The molecule has 3 N–H and O–H groups in total. The first kappa shape index (κ1) is 108. The minimum atomic E-state index is -2.95. The molecule has 28 nitrogen and oxygen atoms in total. The average Bonchev–Trinajstić information content (AvgIpc) is 1.73. The topological polar surface area (TPSA) is 401 Å². The van der Waals surface area contributed by atoms with Crippen molar-refractivity contribution >= 4 is 73.5 Å². The number of rotatable bonds is 69. The second-order valence-corrected chi connectivity index (χ2v) is 44.1. The van der Waals surface area contributed by atoms with E-state index in [9.17, 15) is 71.8 Å². The number of carbonyl (C=O) groups is 6. The molecule has 0 spiro atoms. The summed E-state index contributed by atoms with van der Waals surface area (Å²) in [6.07, 6.45) is 30.9. The molecule has 33 heteroatoms. The van der Waals surface area contributed by atoms with Crippen LogP contribution in [0.1, 0.15) is 311 Å². The van der Waals surface area contributed by atoms with Crippen molar-refractivity contribution in [3.63, 3.8) is 0 Å². The first-order valence-corrected chi connectivity index (χ1v) is 53.4. The van der Waals surface area contributed by atoms with Crippen LogP contribution in [0.2, 0.25) is 0 Å². The van der Waals surface area contributed by atoms with Crippen molar-refractivity contribution < 1.29 is 132 Å². The second kappa shape index (κ2) is 62.5. The highest BCUT2D eigenvalue weighted by molar-refractivity contribution is 7.63. The van der Waals surface area contributed by atoms with Crippen LogP contribution in [0.5, 0.6) is 0 Å². The van der Waals surface area contributed by atoms with E-state index in [4.69, 9.17) is 56.2 Å². The molecule has 8 unspecified atom stereocenters. The number of ether oxygens (including phenoxy) is 9. The first-order chi connectivity index (χ1) is 53.1. The van der Waals surface area contributed by atoms with Gasteiger partial charge < -0.3 is 76.4 Å². The van der Waals surface area contributed by atoms with Gasteiger partial charge in [0.1, 0.15) is 26.4 Å². The number of unbranched alkanes of at least 4 members (excludes halogenated alkanes) is 24. The van der Waals surface area contributed by atoms with E-state index < -0.39 is 104 Å². The van der Waals surface area contributed by atoms with Crippen LogP contribution in [0, 0.1) is 0 Å². The summed E-state index contributed by atoms with van der Waals surface area (Å²) in [5.74, 6) is -2.33. The standard InChI is InChI=1S/C42H83O15P3.C36H62O9.C2H6O4P2/c1-33(43)38(56-59(6,7)50)26-20-14-11-17-23-29-41(47)53-32-36(54-42(48)30-24-18-12-15-21-27-39(34(2)44)57-60(8,9)51)31-52-40(46)28-22-16-10-13-19-25-37(45)35(3)55-58(4,5)49;1-27-31(42-27)19-13-7-4-10-16-22-34(37)40-25-30(45-36(39)24-18-12-6-9-15-21-33-29(3)44-33)26-41-35(38)23-17-11-5-8-14-20-32-28(2)43-32;1-8(2,5)6-7(3)4/h33-39,43-45H,10-32H2,1-9H3;27-33H,4-26H2,1-3H3;1-2H3/t33-,34-,35-,36?,37?,38?,39?;27-,28-,29-,30?,31?,32?,33?;/m00./s1. The Morgan fingerprint density at radius 2 is 0.584 bits per heavy atom. The van der Waals surface area contributed by atoms with Crippen molar-refractivity contribution in [2.24, 2.45) is 0 Å². The van der Waals surface area contributed by atoms with E-state index in [1.165, 1.54) is 53.3 Å². The summed E-state index contributed by atoms with van der Waals surface area (Å²) in [6, 6.07) is 0. The number of carbonyl (C=O) groups excluding carboxylic acids is 6. The fraction of sp³-hybridized carbons (Fsp3) is 0.925. The van der Waals surface area contributed by atoms with Gasteiger partial charge in [0.15, 0.2) is 34.3 Å². The molecule has 0 aromatic rings. The Labute approximate surface area is 679 Å². The van der Waals surface area contributed by atoms with Gasteiger partial charge in [-0.2, -0.15) is 0 Å². The van der Waals surface area contributed by atoms with Crippen LogP contribution >= 0.6 is 37.7 Å². The molecular weight excluding hydrogens is 1560 g/mol. The van der Waals surface area contributed by atoms with Gasteiger partial charge in [0.05, 0.1) is 73.2 Å². The van der Waals surface area contributed by atoms with Crippen molar-refractivity contribution in [2.45, 2.75) is 397 Å². The molecule has 3 rings (SSSR count). The highest BCUT2D eigenvalue weighted by Crippen LogP contribution is 2.45. The van der Waals surface area contributed by atoms with Gasteiger partial charge in [0.2, 0.25) is 0 Å². The molecule has 0 bridgehead atoms. The monoisotopic (exact) mass is 1710 g/mol. The predicted octanol–water partition coefficient (Wildman–Crippen LogP) is 17.2. The Kier molecular flexibility index (Phi) is 60.0. The lowest BCUT2D eigenvalue weighted by molar-refractivity contribution is -0.178. The average molecular weight is 1720 g/mol. The third-order valence-electron chi connectivity index (χ3n) is 19.1. The van der Waals surface area contributed by atoms with Crippen LogP contribution in [-0.2, 0) is 112 Å². The normalized spacial score (nSPS) is 19.6. The van der Waals surface area contributed by atoms with Crippen LogP contribution in [0.15, 0.2) is 0 Å². The lowest BCUT2D eigenvalue weighted by Crippen LogP contribution is -2.30. The summed E-state index contributed by atoms with van der Waals surface area (Å²) >= 11 is 0. The van der Waals surface area contributed by atoms with Crippen molar-refractivity contribution in [2.75, 3.05) is 79.7 Å². The zero-order valence-electron chi connectivity index (χ0n) is 71.4. The molecule has 664 valence electrons. The molecule has 0 aliphatic carbocycles. The quantitative estimate of drug-likeness (QED) is 0.0167. The highest BCUT2D eigenvalue weighted by Gasteiger charge is 2.35. The number of hydrogen-bond acceptors (Lipinski definition) is 28. The van der Waals surface area contributed by atoms with Gasteiger partial charge in [-0.05, 0) is 123 Å². The van der Waals surface area contributed by atoms with E-state index >= 15 is 0 Å². The van der Waals surface area contributed by atoms with Crippen LogP contribution in [-0.4, -0.2) is 216 Å². The van der Waals surface area contributed by atoms with E-state index in [1.54, 1.807) is 20.8 Å². The summed E-state index contributed by atoms with van der Waals surface area (Å²) in [7, 11) is -13.9. The Hall–Kier alpha value is -2.60. The van der Waals surface area contributed by atoms with Crippen LogP contribution in [0.4, 0.5) is 0 Å². The van der Waals surface area contributed by atoms with Gasteiger partial charge in [-0.25, -0.2) is 0 Å². The summed E-state index contributed by atoms with van der Waals surface area (Å²) in [4.78, 5) is 84.8. The lowest BCUT2D eigenvalue weighted by atomic mass is 10.0. The lowest BCUT2D eigenvalue weighted by Gasteiger charge is -2.22. The van der Waals surface area contributed by atoms with Crippen molar-refractivity contribution in [3.05, 3.63) is 0 Å². The minimum Gasteiger partial charge on any atom is -0.566 e. The molecule has 0 radical (unpaired) electrons. The van der Waals surface area contributed by atoms with Crippen LogP contribution in [0.3, 0.4) is 0 Å². The number of aliphatic hydroxyl groups is 3. The van der Waals surface area contributed by atoms with Crippen LogP contribution in [0.25, 0.3) is 0 Å². The van der Waals surface area contributed by atoms with Gasteiger partial charge in [0.25, 0.3) is 7.37 Å². The van der Waals surface area contributed by atoms with E-state index in [-0.39, 0.29) is 63.6 Å². The maximum atomic E-state index is 12.8. The number of epoxide rings is 3. The first-order valence-electron chi connectivity index (χ1n) is 42.2. The molecule has 0 aromatic carbocycles. The van der Waals surface area contributed by atoms with E-state index in [1.807, 2.05) is 0 Å². The Morgan fingerprint density at radius 1 is 0.354 bits per heavy atom. The van der Waals surface area contributed by atoms with Gasteiger partial charge in [-0.3, -0.25) is 47.0 Å². The van der Waals surface area contributed by atoms with E-state index in [2.05, 4.69) is 25.1 Å². The second-order valence-electron chi connectivity index (χ2n) is 32.4. The van der Waals surface area contributed by atoms with Crippen molar-refractivity contribution in [1.29, 1.82) is 0 Å². The van der Waals surface area contributed by atoms with Crippen molar-refractivity contribution in [3.8, 4) is 0 Å². The smallest absolute Gasteiger partial charge is 0.494 e. The van der Waals surface area contributed by atoms with E-state index in [0.717, 1.165) is 193 Å². The summed E-state index contributed by atoms with van der Waals surface area (Å²) in [6.45, 7) is 22.2. The maximum Gasteiger partial charge on any atom is 0.494 e. The van der Waals surface area contributed by atoms with Gasteiger partial charge in [-0.15, -0.1) is 0 Å². The zero-order valence-corrected chi connectivity index (χ0v) is 75.9. The molecule has 0 amide bonds. The fourth-order valence-electron chi connectivity index (χ4n) is 12.5. The molecular formula is C80H151O28P5. The fourth-order valence-corrected chi connectivity index (χ4v) is 16.6. The largest absolute Gasteiger partial charge is 0.566 e. The number of aliphatic hydroxyl groups excluding tert-OH is 3. The molecule has 14 atom stereocenters. The highest BCUT2D eigenvalue weighted by atomic mass is 31.2. The molecule has 3 heterocycles. The summed E-state index contributed by atoms with van der Waals surface area (Å²) in [5.41, 5.74) is 0. The van der Waals surface area contributed by atoms with Crippen molar-refractivity contribution in [1.82, 2.24) is 0 Å². The van der Waals surface area contributed by atoms with Gasteiger partial charge in [0, 0.05) is 91.8 Å². The Balaban J connectivity index is 0.00000106.